The molecule has 2 aromatic rings. The molecule has 0 amide bonds. The van der Waals surface area contributed by atoms with Crippen LogP contribution in [0.1, 0.15) is 29.3 Å². The van der Waals surface area contributed by atoms with Crippen molar-refractivity contribution in [1.82, 2.24) is 0 Å². The molecule has 0 unspecified atom stereocenters. The molecule has 0 saturated heterocycles. The lowest BCUT2D eigenvalue weighted by Crippen LogP contribution is -2.05. The van der Waals surface area contributed by atoms with Gasteiger partial charge < -0.3 is 4.74 Å². The summed E-state index contributed by atoms with van der Waals surface area (Å²) in [5.74, 6) is 0.185. The number of ether oxygens (including phenoxy) is 1. The molecular formula is C17H16ClFO2. The van der Waals surface area contributed by atoms with Crippen molar-refractivity contribution in [2.75, 3.05) is 6.61 Å². The third kappa shape index (κ3) is 4.30. The highest BCUT2D eigenvalue weighted by atomic mass is 35.5. The largest absolute Gasteiger partial charge is 0.494 e. The van der Waals surface area contributed by atoms with Crippen molar-refractivity contribution in [3.8, 4) is 5.75 Å². The van der Waals surface area contributed by atoms with E-state index in [1.165, 1.54) is 18.2 Å². The van der Waals surface area contributed by atoms with Crippen molar-refractivity contribution in [2.45, 2.75) is 19.8 Å². The first-order valence-corrected chi connectivity index (χ1v) is 7.18. The summed E-state index contributed by atoms with van der Waals surface area (Å²) in [5.41, 5.74) is 1.17. The maximum absolute atomic E-state index is 13.0. The first kappa shape index (κ1) is 15.5. The molecule has 0 aromatic heterocycles. The van der Waals surface area contributed by atoms with Gasteiger partial charge in [0, 0.05) is 17.0 Å². The Labute approximate surface area is 128 Å². The fraction of sp³-hybridized carbons (Fsp3) is 0.235. The Kier molecular flexibility index (Phi) is 5.34. The lowest BCUT2D eigenvalue weighted by atomic mass is 10.0. The topological polar surface area (TPSA) is 26.3 Å². The second-order valence-electron chi connectivity index (χ2n) is 4.71. The second-order valence-corrected chi connectivity index (χ2v) is 5.12. The van der Waals surface area contributed by atoms with E-state index in [4.69, 9.17) is 16.3 Å². The van der Waals surface area contributed by atoms with E-state index in [1.807, 2.05) is 13.0 Å². The van der Waals surface area contributed by atoms with Crippen molar-refractivity contribution in [1.29, 1.82) is 0 Å². The molecule has 0 spiro atoms. The Morgan fingerprint density at radius 1 is 1.24 bits per heavy atom. The zero-order valence-electron chi connectivity index (χ0n) is 11.7. The number of carbonyl (C=O) groups is 1. The van der Waals surface area contributed by atoms with Gasteiger partial charge in [-0.2, -0.15) is 0 Å². The molecule has 21 heavy (non-hydrogen) atoms. The molecule has 110 valence electrons. The van der Waals surface area contributed by atoms with Crippen molar-refractivity contribution in [3.05, 3.63) is 64.4 Å². The van der Waals surface area contributed by atoms with Gasteiger partial charge >= 0.3 is 0 Å². The SMILES string of the molecule is CCCOc1cccc(C(=O)Cc2ccc(F)cc2Cl)c1. The van der Waals surface area contributed by atoms with Crippen molar-refractivity contribution in [2.24, 2.45) is 0 Å². The molecule has 0 atom stereocenters. The van der Waals surface area contributed by atoms with Gasteiger partial charge in [-0.05, 0) is 36.2 Å². The standard InChI is InChI=1S/C17H16ClFO2/c1-2-8-21-15-5-3-4-13(9-15)17(20)10-12-6-7-14(19)11-16(12)18/h3-7,9,11H,2,8,10H2,1H3. The summed E-state index contributed by atoms with van der Waals surface area (Å²) in [6.45, 7) is 2.63. The Bertz CT molecular complexity index is 640. The fourth-order valence-electron chi connectivity index (χ4n) is 1.92. The van der Waals surface area contributed by atoms with Crippen LogP contribution in [0.3, 0.4) is 0 Å². The quantitative estimate of drug-likeness (QED) is 0.723. The molecule has 2 nitrogen and oxygen atoms in total. The maximum atomic E-state index is 13.0. The molecular weight excluding hydrogens is 291 g/mol. The minimum absolute atomic E-state index is 0.0783. The number of Topliss-reactive ketones (excluding diaryl/α,β-unsaturated/α-hetero) is 1. The summed E-state index contributed by atoms with van der Waals surface area (Å²) >= 11 is 5.94. The van der Waals surface area contributed by atoms with E-state index >= 15 is 0 Å². The van der Waals surface area contributed by atoms with Crippen LogP contribution in [0.2, 0.25) is 5.02 Å². The van der Waals surface area contributed by atoms with Crippen molar-refractivity contribution < 1.29 is 13.9 Å². The molecule has 4 heteroatoms. The van der Waals surface area contributed by atoms with Gasteiger partial charge in [0.05, 0.1) is 6.61 Å². The average molecular weight is 307 g/mol. The van der Waals surface area contributed by atoms with E-state index in [-0.39, 0.29) is 17.2 Å². The van der Waals surface area contributed by atoms with Crippen LogP contribution in [0.25, 0.3) is 0 Å². The number of hydrogen-bond donors (Lipinski definition) is 0. The zero-order chi connectivity index (χ0) is 15.2. The predicted molar refractivity (Wildman–Crippen MR) is 81.7 cm³/mol. The molecule has 2 rings (SSSR count). The number of ketones is 1. The number of halogens is 2. The van der Waals surface area contributed by atoms with Crippen molar-refractivity contribution >= 4 is 17.4 Å². The third-order valence-corrected chi connectivity index (χ3v) is 3.35. The summed E-state index contributed by atoms with van der Waals surface area (Å²) in [7, 11) is 0. The van der Waals surface area contributed by atoms with E-state index in [0.29, 0.717) is 23.5 Å². The van der Waals surface area contributed by atoms with Gasteiger partial charge in [-0.3, -0.25) is 4.79 Å². The fourth-order valence-corrected chi connectivity index (χ4v) is 2.15. The van der Waals surface area contributed by atoms with Gasteiger partial charge in [0.1, 0.15) is 11.6 Å². The normalized spacial score (nSPS) is 10.4. The molecule has 0 aliphatic heterocycles. The molecule has 0 bridgehead atoms. The van der Waals surface area contributed by atoms with Gasteiger partial charge in [0.2, 0.25) is 0 Å². The van der Waals surface area contributed by atoms with Gasteiger partial charge in [0.25, 0.3) is 0 Å². The third-order valence-electron chi connectivity index (χ3n) is 2.99. The van der Waals surface area contributed by atoms with Crippen molar-refractivity contribution in [3.63, 3.8) is 0 Å². The first-order chi connectivity index (χ1) is 10.1. The second kappa shape index (κ2) is 7.23. The number of hydrogen-bond acceptors (Lipinski definition) is 2. The highest BCUT2D eigenvalue weighted by molar-refractivity contribution is 6.31. The van der Waals surface area contributed by atoms with Crippen LogP contribution in [-0.4, -0.2) is 12.4 Å². The molecule has 0 N–H and O–H groups in total. The summed E-state index contributed by atoms with van der Waals surface area (Å²) in [4.78, 5) is 12.3. The first-order valence-electron chi connectivity index (χ1n) is 6.80. The summed E-state index contributed by atoms with van der Waals surface area (Å²) in [5, 5.41) is 0.265. The number of carbonyl (C=O) groups excluding carboxylic acids is 1. The minimum atomic E-state index is -0.411. The number of benzene rings is 2. The summed E-state index contributed by atoms with van der Waals surface area (Å²) < 4.78 is 18.5. The Morgan fingerprint density at radius 3 is 2.76 bits per heavy atom. The molecule has 0 fully saturated rings. The average Bonchev–Trinajstić information content (AvgIpc) is 2.48. The lowest BCUT2D eigenvalue weighted by Gasteiger charge is -2.07. The van der Waals surface area contributed by atoms with E-state index in [2.05, 4.69) is 0 Å². The van der Waals surface area contributed by atoms with Gasteiger partial charge in [-0.15, -0.1) is 0 Å². The van der Waals surface area contributed by atoms with E-state index in [9.17, 15) is 9.18 Å². The van der Waals surface area contributed by atoms with Crippen LogP contribution < -0.4 is 4.74 Å². The van der Waals surface area contributed by atoms with Gasteiger partial charge in [-0.25, -0.2) is 4.39 Å². The van der Waals surface area contributed by atoms with Crippen LogP contribution in [0.15, 0.2) is 42.5 Å². The van der Waals surface area contributed by atoms with Crippen LogP contribution in [0.5, 0.6) is 5.75 Å². The number of rotatable bonds is 6. The van der Waals surface area contributed by atoms with E-state index in [1.54, 1.807) is 18.2 Å². The van der Waals surface area contributed by atoms with Gasteiger partial charge in [0.15, 0.2) is 5.78 Å². The van der Waals surface area contributed by atoms with E-state index < -0.39 is 5.82 Å². The Balaban J connectivity index is 2.12. The zero-order valence-corrected chi connectivity index (χ0v) is 12.5. The molecule has 0 aliphatic carbocycles. The summed E-state index contributed by atoms with van der Waals surface area (Å²) in [6, 6.07) is 11.1. The van der Waals surface area contributed by atoms with Crippen LogP contribution in [0.4, 0.5) is 4.39 Å². The maximum Gasteiger partial charge on any atom is 0.167 e. The molecule has 0 heterocycles. The molecule has 0 radical (unpaired) electrons. The van der Waals surface area contributed by atoms with Gasteiger partial charge in [-0.1, -0.05) is 36.7 Å². The summed E-state index contributed by atoms with van der Waals surface area (Å²) in [6.07, 6.45) is 1.04. The smallest absolute Gasteiger partial charge is 0.167 e. The van der Waals surface area contributed by atoms with Crippen LogP contribution in [0, 0.1) is 5.82 Å². The van der Waals surface area contributed by atoms with Crippen LogP contribution >= 0.6 is 11.6 Å². The highest BCUT2D eigenvalue weighted by Crippen LogP contribution is 2.21. The highest BCUT2D eigenvalue weighted by Gasteiger charge is 2.11. The minimum Gasteiger partial charge on any atom is -0.494 e. The molecule has 0 aliphatic rings. The lowest BCUT2D eigenvalue weighted by molar-refractivity contribution is 0.0992. The molecule has 0 saturated carbocycles. The molecule has 2 aromatic carbocycles. The predicted octanol–water partition coefficient (Wildman–Crippen LogP) is 4.69. The van der Waals surface area contributed by atoms with E-state index in [0.717, 1.165) is 6.42 Å². The monoisotopic (exact) mass is 306 g/mol. The van der Waals surface area contributed by atoms with Crippen LogP contribution in [-0.2, 0) is 6.42 Å². The Morgan fingerprint density at radius 2 is 2.05 bits per heavy atom. The Hall–Kier alpha value is -1.87.